The molecule has 0 radical (unpaired) electrons. The summed E-state index contributed by atoms with van der Waals surface area (Å²) >= 11 is 12.6. The number of aryl methyl sites for hydroxylation is 1. The van der Waals surface area contributed by atoms with E-state index in [1.807, 2.05) is 36.0 Å². The molecule has 0 spiro atoms. The van der Waals surface area contributed by atoms with E-state index in [4.69, 9.17) is 23.2 Å². The van der Waals surface area contributed by atoms with E-state index in [1.54, 1.807) is 24.8 Å². The maximum atomic E-state index is 13.7. The van der Waals surface area contributed by atoms with Crippen molar-refractivity contribution in [2.24, 2.45) is 7.05 Å². The largest absolute Gasteiger partial charge is 0.373 e. The molecule has 0 aliphatic rings. The van der Waals surface area contributed by atoms with Gasteiger partial charge in [0.15, 0.2) is 0 Å². The number of hydrogen-bond acceptors (Lipinski definition) is 6. The second kappa shape index (κ2) is 9.82. The van der Waals surface area contributed by atoms with Crippen LogP contribution in [-0.4, -0.2) is 19.5 Å². The van der Waals surface area contributed by atoms with Gasteiger partial charge in [-0.15, -0.1) is 0 Å². The fraction of sp³-hybridized carbons (Fsp3) is 0.0769. The average Bonchev–Trinajstić information content (AvgIpc) is 3.31. The third-order valence-corrected chi connectivity index (χ3v) is 6.16. The van der Waals surface area contributed by atoms with Crippen LogP contribution in [0.5, 0.6) is 0 Å². The van der Waals surface area contributed by atoms with Crippen molar-refractivity contribution in [3.05, 3.63) is 106 Å². The number of pyridine rings is 2. The fourth-order valence-corrected chi connectivity index (χ4v) is 4.35. The molecule has 5 aromatic rings. The number of benzene rings is 2. The van der Waals surface area contributed by atoms with Gasteiger partial charge in [0.1, 0.15) is 11.9 Å². The Hall–Kier alpha value is -4.19. The molecular formula is C26H18Cl2FN7. The highest BCUT2D eigenvalue weighted by molar-refractivity contribution is 6.36. The topological polar surface area (TPSA) is 91.5 Å². The van der Waals surface area contributed by atoms with Gasteiger partial charge in [0.05, 0.1) is 44.9 Å². The van der Waals surface area contributed by atoms with Crippen molar-refractivity contribution in [1.82, 2.24) is 19.5 Å². The summed E-state index contributed by atoms with van der Waals surface area (Å²) in [5.41, 5.74) is 4.19. The van der Waals surface area contributed by atoms with Crippen LogP contribution in [0.4, 0.5) is 21.5 Å². The molecule has 1 unspecified atom stereocenters. The molecule has 0 aliphatic carbocycles. The predicted molar refractivity (Wildman–Crippen MR) is 139 cm³/mol. The Labute approximate surface area is 216 Å². The Morgan fingerprint density at radius 3 is 2.58 bits per heavy atom. The summed E-state index contributed by atoms with van der Waals surface area (Å²) < 4.78 is 15.6. The maximum Gasteiger partial charge on any atom is 0.141 e. The van der Waals surface area contributed by atoms with Gasteiger partial charge in [-0.25, -0.2) is 9.37 Å². The van der Waals surface area contributed by atoms with Gasteiger partial charge >= 0.3 is 0 Å². The Morgan fingerprint density at radius 1 is 1.06 bits per heavy atom. The third-order valence-electron chi connectivity index (χ3n) is 5.58. The number of rotatable bonds is 6. The standard InChI is InChI=1S/C26H18Cl2FN7/c1-36-13-23(33-14-36)25(15-3-2-6-31-11-15)35-18-7-19-24(34-17-4-5-22(29)20(27)8-17)16(10-30)12-32-26(19)21(28)9-18/h2-9,11-14,25,35H,1H3,(H,32,34). The van der Waals surface area contributed by atoms with E-state index < -0.39 is 5.82 Å². The lowest BCUT2D eigenvalue weighted by molar-refractivity contribution is 0.628. The number of nitrogens with one attached hydrogen (secondary N) is 2. The second-order valence-corrected chi connectivity index (χ2v) is 8.91. The van der Waals surface area contributed by atoms with Crippen LogP contribution < -0.4 is 10.6 Å². The molecule has 1 atom stereocenters. The summed E-state index contributed by atoms with van der Waals surface area (Å²) in [5.74, 6) is -0.534. The van der Waals surface area contributed by atoms with Gasteiger partial charge in [-0.05, 0) is 42.0 Å². The summed E-state index contributed by atoms with van der Waals surface area (Å²) in [5, 5.41) is 17.4. The zero-order chi connectivity index (χ0) is 25.2. The van der Waals surface area contributed by atoms with Crippen LogP contribution in [0, 0.1) is 17.1 Å². The quantitative estimate of drug-likeness (QED) is 0.262. The van der Waals surface area contributed by atoms with Crippen LogP contribution in [0.2, 0.25) is 10.0 Å². The third kappa shape index (κ3) is 4.67. The SMILES string of the molecule is Cn1cnc(C(Nc2cc(Cl)c3ncc(C#N)c(Nc4ccc(F)c(Cl)c4)c3c2)c2cccnc2)c1. The van der Waals surface area contributed by atoms with Gasteiger partial charge in [0.2, 0.25) is 0 Å². The molecule has 0 saturated heterocycles. The minimum Gasteiger partial charge on any atom is -0.373 e. The van der Waals surface area contributed by atoms with E-state index in [0.29, 0.717) is 38.6 Å². The van der Waals surface area contributed by atoms with Crippen LogP contribution >= 0.6 is 23.2 Å². The number of halogens is 3. The number of aromatic nitrogens is 4. The van der Waals surface area contributed by atoms with Crippen molar-refractivity contribution in [3.8, 4) is 6.07 Å². The highest BCUT2D eigenvalue weighted by Crippen LogP contribution is 2.37. The summed E-state index contributed by atoms with van der Waals surface area (Å²) in [4.78, 5) is 13.2. The molecule has 178 valence electrons. The molecule has 2 N–H and O–H groups in total. The first-order valence-corrected chi connectivity index (χ1v) is 11.6. The van der Waals surface area contributed by atoms with Crippen molar-refractivity contribution in [1.29, 1.82) is 5.26 Å². The van der Waals surface area contributed by atoms with Crippen LogP contribution in [0.1, 0.15) is 22.9 Å². The Balaban J connectivity index is 1.62. The van der Waals surface area contributed by atoms with Crippen LogP contribution in [0.25, 0.3) is 10.9 Å². The predicted octanol–water partition coefficient (Wildman–Crippen LogP) is 6.63. The molecule has 0 saturated carbocycles. The van der Waals surface area contributed by atoms with Crippen molar-refractivity contribution < 1.29 is 4.39 Å². The minimum absolute atomic E-state index is 0.0352. The molecule has 5 rings (SSSR count). The highest BCUT2D eigenvalue weighted by atomic mass is 35.5. The lowest BCUT2D eigenvalue weighted by Crippen LogP contribution is -2.13. The van der Waals surface area contributed by atoms with Gasteiger partial charge < -0.3 is 15.2 Å². The maximum absolute atomic E-state index is 13.7. The first-order chi connectivity index (χ1) is 17.4. The second-order valence-electron chi connectivity index (χ2n) is 8.09. The zero-order valence-electron chi connectivity index (χ0n) is 18.9. The molecule has 3 aromatic heterocycles. The molecule has 0 bridgehead atoms. The monoisotopic (exact) mass is 517 g/mol. The Morgan fingerprint density at radius 2 is 1.89 bits per heavy atom. The Bertz CT molecular complexity index is 1610. The molecule has 0 amide bonds. The van der Waals surface area contributed by atoms with E-state index in [2.05, 4.69) is 31.7 Å². The molecule has 36 heavy (non-hydrogen) atoms. The van der Waals surface area contributed by atoms with Crippen LogP contribution in [-0.2, 0) is 7.05 Å². The number of fused-ring (bicyclic) bond motifs is 1. The summed E-state index contributed by atoms with van der Waals surface area (Å²) in [6.45, 7) is 0. The average molecular weight is 518 g/mol. The number of imidazole rings is 1. The van der Waals surface area contributed by atoms with Crippen LogP contribution in [0.15, 0.2) is 73.6 Å². The van der Waals surface area contributed by atoms with Crippen molar-refractivity contribution >= 4 is 51.2 Å². The summed E-state index contributed by atoms with van der Waals surface area (Å²) in [7, 11) is 1.90. The van der Waals surface area contributed by atoms with E-state index in [-0.39, 0.29) is 11.1 Å². The molecule has 0 aliphatic heterocycles. The van der Waals surface area contributed by atoms with Gasteiger partial charge in [-0.2, -0.15) is 5.26 Å². The van der Waals surface area contributed by atoms with E-state index in [9.17, 15) is 9.65 Å². The Kier molecular flexibility index (Phi) is 6.42. The normalized spacial score (nSPS) is 11.8. The summed E-state index contributed by atoms with van der Waals surface area (Å²) in [6.07, 6.45) is 8.58. The molecule has 2 aromatic carbocycles. The first kappa shape index (κ1) is 23.5. The lowest BCUT2D eigenvalue weighted by Gasteiger charge is -2.20. The number of hydrogen-bond donors (Lipinski definition) is 2. The molecule has 7 nitrogen and oxygen atoms in total. The first-order valence-electron chi connectivity index (χ1n) is 10.8. The number of nitriles is 1. The van der Waals surface area contributed by atoms with Gasteiger partial charge in [0.25, 0.3) is 0 Å². The molecule has 0 fully saturated rings. The van der Waals surface area contributed by atoms with Crippen LogP contribution in [0.3, 0.4) is 0 Å². The number of anilines is 3. The smallest absolute Gasteiger partial charge is 0.141 e. The minimum atomic E-state index is -0.534. The lowest BCUT2D eigenvalue weighted by atomic mass is 10.0. The van der Waals surface area contributed by atoms with E-state index >= 15 is 0 Å². The van der Waals surface area contributed by atoms with E-state index in [0.717, 1.165) is 11.3 Å². The van der Waals surface area contributed by atoms with Gasteiger partial charge in [0, 0.05) is 48.6 Å². The zero-order valence-corrected chi connectivity index (χ0v) is 20.4. The molecular weight excluding hydrogens is 500 g/mol. The van der Waals surface area contributed by atoms with Crippen molar-refractivity contribution in [2.45, 2.75) is 6.04 Å². The highest BCUT2D eigenvalue weighted by Gasteiger charge is 2.19. The molecule has 3 heterocycles. The fourth-order valence-electron chi connectivity index (χ4n) is 3.90. The molecule has 10 heteroatoms. The van der Waals surface area contributed by atoms with Crippen molar-refractivity contribution in [3.63, 3.8) is 0 Å². The summed E-state index contributed by atoms with van der Waals surface area (Å²) in [6, 6.07) is 13.5. The van der Waals surface area contributed by atoms with Crippen molar-refractivity contribution in [2.75, 3.05) is 10.6 Å². The van der Waals surface area contributed by atoms with E-state index in [1.165, 1.54) is 24.4 Å². The van der Waals surface area contributed by atoms with Gasteiger partial charge in [-0.3, -0.25) is 9.97 Å². The number of nitrogens with zero attached hydrogens (tertiary/aromatic N) is 5. The van der Waals surface area contributed by atoms with Gasteiger partial charge in [-0.1, -0.05) is 29.3 Å².